The van der Waals surface area contributed by atoms with E-state index in [9.17, 15) is 4.79 Å². The molecule has 0 saturated heterocycles. The monoisotopic (exact) mass is 233 g/mol. The van der Waals surface area contributed by atoms with E-state index < -0.39 is 5.97 Å². The summed E-state index contributed by atoms with van der Waals surface area (Å²) in [6.45, 7) is 5.21. The Kier molecular flexibility index (Phi) is 2.82. The van der Waals surface area contributed by atoms with Gasteiger partial charge in [0.1, 0.15) is 0 Å². The molecule has 1 aromatic rings. The molecule has 0 fully saturated rings. The smallest absolute Gasteiger partial charge is 0.336 e. The third-order valence-corrected chi connectivity index (χ3v) is 2.47. The third kappa shape index (κ3) is 1.87. The van der Waals surface area contributed by atoms with E-state index in [1.165, 1.54) is 6.08 Å². The van der Waals surface area contributed by atoms with Crippen molar-refractivity contribution in [3.63, 3.8) is 0 Å². The standard InChI is InChI=1S/C12H11NO4/c1-3-7(12(14)15)8-4-10-11(17-6-16-10)5-9(8)13-2/h3-5H,2,6H2,1H3,(H,14,15)/b7-3+. The van der Waals surface area contributed by atoms with Crippen molar-refractivity contribution < 1.29 is 19.4 Å². The number of fused-ring (bicyclic) bond motifs is 1. The van der Waals surface area contributed by atoms with Gasteiger partial charge in [-0.15, -0.1) is 0 Å². The molecule has 0 saturated carbocycles. The number of allylic oxidation sites excluding steroid dienone is 1. The van der Waals surface area contributed by atoms with Crippen molar-refractivity contribution in [1.82, 2.24) is 0 Å². The zero-order valence-electron chi connectivity index (χ0n) is 9.27. The fourth-order valence-electron chi connectivity index (χ4n) is 1.67. The van der Waals surface area contributed by atoms with E-state index >= 15 is 0 Å². The molecule has 0 spiro atoms. The quantitative estimate of drug-likeness (QED) is 0.642. The van der Waals surface area contributed by atoms with Crippen LogP contribution in [0.1, 0.15) is 12.5 Å². The second kappa shape index (κ2) is 4.29. The zero-order chi connectivity index (χ0) is 12.4. The van der Waals surface area contributed by atoms with Gasteiger partial charge in [-0.25, -0.2) is 4.79 Å². The number of carboxylic acids is 1. The first-order chi connectivity index (χ1) is 8.17. The molecule has 0 radical (unpaired) electrons. The van der Waals surface area contributed by atoms with Crippen LogP contribution in [0.5, 0.6) is 11.5 Å². The number of carbonyl (C=O) groups is 1. The summed E-state index contributed by atoms with van der Waals surface area (Å²) in [7, 11) is 0. The van der Waals surface area contributed by atoms with Crippen LogP contribution in [0.2, 0.25) is 0 Å². The Morgan fingerprint density at radius 1 is 1.47 bits per heavy atom. The molecule has 0 unspecified atom stereocenters. The fourth-order valence-corrected chi connectivity index (χ4v) is 1.67. The summed E-state index contributed by atoms with van der Waals surface area (Å²) in [6, 6.07) is 3.23. The highest BCUT2D eigenvalue weighted by Crippen LogP contribution is 2.40. The summed E-state index contributed by atoms with van der Waals surface area (Å²) < 4.78 is 10.4. The SMILES string of the molecule is C=Nc1cc2c(cc1/C(=C\C)C(=O)O)OCO2. The van der Waals surface area contributed by atoms with Crippen molar-refractivity contribution in [2.24, 2.45) is 4.99 Å². The van der Waals surface area contributed by atoms with Gasteiger partial charge < -0.3 is 14.6 Å². The lowest BCUT2D eigenvalue weighted by Gasteiger charge is -2.07. The summed E-state index contributed by atoms with van der Waals surface area (Å²) in [5, 5.41) is 9.09. The lowest BCUT2D eigenvalue weighted by Crippen LogP contribution is -1.99. The molecule has 88 valence electrons. The van der Waals surface area contributed by atoms with E-state index in [0.29, 0.717) is 22.7 Å². The molecule has 0 aliphatic carbocycles. The van der Waals surface area contributed by atoms with Gasteiger partial charge in [0.15, 0.2) is 11.5 Å². The predicted molar refractivity (Wildman–Crippen MR) is 63.1 cm³/mol. The number of carboxylic acid groups (broad SMARTS) is 1. The number of nitrogens with zero attached hydrogens (tertiary/aromatic N) is 1. The van der Waals surface area contributed by atoms with Gasteiger partial charge >= 0.3 is 5.97 Å². The van der Waals surface area contributed by atoms with Gasteiger partial charge in [0, 0.05) is 11.6 Å². The van der Waals surface area contributed by atoms with E-state index in [1.807, 2.05) is 0 Å². The van der Waals surface area contributed by atoms with E-state index in [-0.39, 0.29) is 12.4 Å². The lowest BCUT2D eigenvalue weighted by molar-refractivity contribution is -0.130. The van der Waals surface area contributed by atoms with E-state index in [0.717, 1.165) is 0 Å². The van der Waals surface area contributed by atoms with Crippen molar-refractivity contribution >= 4 is 23.9 Å². The summed E-state index contributed by atoms with van der Waals surface area (Å²) in [4.78, 5) is 14.9. The van der Waals surface area contributed by atoms with Crippen molar-refractivity contribution in [2.45, 2.75) is 6.92 Å². The highest BCUT2D eigenvalue weighted by Gasteiger charge is 2.20. The topological polar surface area (TPSA) is 68.1 Å². The number of rotatable bonds is 3. The van der Waals surface area contributed by atoms with E-state index in [4.69, 9.17) is 14.6 Å². The van der Waals surface area contributed by atoms with Crippen molar-refractivity contribution in [2.75, 3.05) is 6.79 Å². The first-order valence-electron chi connectivity index (χ1n) is 4.97. The molecule has 5 nitrogen and oxygen atoms in total. The summed E-state index contributed by atoms with van der Waals surface area (Å²) in [6.07, 6.45) is 1.51. The Bertz CT molecular complexity index is 519. The van der Waals surface area contributed by atoms with Gasteiger partial charge in [-0.3, -0.25) is 4.99 Å². The highest BCUT2D eigenvalue weighted by atomic mass is 16.7. The molecule has 0 aromatic heterocycles. The van der Waals surface area contributed by atoms with Gasteiger partial charge in [-0.05, 0) is 19.7 Å². The Morgan fingerprint density at radius 2 is 2.12 bits per heavy atom. The summed E-state index contributed by atoms with van der Waals surface area (Å²) in [5.41, 5.74) is 1.09. The van der Waals surface area contributed by atoms with Gasteiger partial charge in [0.2, 0.25) is 6.79 Å². The molecule has 1 N–H and O–H groups in total. The molecule has 5 heteroatoms. The molecule has 1 aliphatic rings. The number of aliphatic carboxylic acids is 1. The second-order valence-electron chi connectivity index (χ2n) is 3.39. The van der Waals surface area contributed by atoms with Gasteiger partial charge in [0.05, 0.1) is 11.3 Å². The maximum absolute atomic E-state index is 11.1. The Balaban J connectivity index is 2.60. The predicted octanol–water partition coefficient (Wildman–Crippen LogP) is 2.24. The molecule has 1 aliphatic heterocycles. The summed E-state index contributed by atoms with van der Waals surface area (Å²) >= 11 is 0. The average molecular weight is 233 g/mol. The maximum atomic E-state index is 11.1. The van der Waals surface area contributed by atoms with Crippen LogP contribution in [0, 0.1) is 0 Å². The van der Waals surface area contributed by atoms with Gasteiger partial charge in [-0.1, -0.05) is 6.08 Å². The number of aliphatic imine (C=N–C) groups is 1. The minimum atomic E-state index is -1.02. The summed E-state index contributed by atoms with van der Waals surface area (Å²) in [5.74, 6) is 0.0567. The number of ether oxygens (including phenoxy) is 2. The minimum Gasteiger partial charge on any atom is -0.478 e. The first kappa shape index (κ1) is 11.2. The average Bonchev–Trinajstić information content (AvgIpc) is 2.75. The van der Waals surface area contributed by atoms with E-state index in [1.54, 1.807) is 19.1 Å². The number of benzene rings is 1. The molecule has 17 heavy (non-hydrogen) atoms. The molecular weight excluding hydrogens is 222 g/mol. The molecule has 0 bridgehead atoms. The zero-order valence-corrected chi connectivity index (χ0v) is 9.27. The van der Waals surface area contributed by atoms with Gasteiger partial charge in [0.25, 0.3) is 0 Å². The van der Waals surface area contributed by atoms with Crippen molar-refractivity contribution in [3.05, 3.63) is 23.8 Å². The molecule has 1 aromatic carbocycles. The van der Waals surface area contributed by atoms with Crippen LogP contribution in [-0.2, 0) is 4.79 Å². The van der Waals surface area contributed by atoms with Crippen LogP contribution in [-0.4, -0.2) is 24.6 Å². The van der Waals surface area contributed by atoms with Crippen LogP contribution in [0.15, 0.2) is 23.2 Å². The molecule has 0 amide bonds. The van der Waals surface area contributed by atoms with Crippen molar-refractivity contribution in [1.29, 1.82) is 0 Å². The number of hydrogen-bond acceptors (Lipinski definition) is 4. The van der Waals surface area contributed by atoms with E-state index in [2.05, 4.69) is 11.7 Å². The van der Waals surface area contributed by atoms with Crippen LogP contribution < -0.4 is 9.47 Å². The largest absolute Gasteiger partial charge is 0.478 e. The van der Waals surface area contributed by atoms with Crippen LogP contribution in [0.4, 0.5) is 5.69 Å². The molecule has 2 rings (SSSR count). The van der Waals surface area contributed by atoms with Crippen LogP contribution in [0.25, 0.3) is 5.57 Å². The van der Waals surface area contributed by atoms with Crippen molar-refractivity contribution in [3.8, 4) is 11.5 Å². The Hall–Kier alpha value is -2.30. The lowest BCUT2D eigenvalue weighted by atomic mass is 10.0. The number of hydrogen-bond donors (Lipinski definition) is 1. The molecule has 0 atom stereocenters. The fraction of sp³-hybridized carbons (Fsp3) is 0.167. The Morgan fingerprint density at radius 3 is 2.65 bits per heavy atom. The molecule has 1 heterocycles. The Labute approximate surface area is 98.0 Å². The van der Waals surface area contributed by atoms with Gasteiger partial charge in [-0.2, -0.15) is 0 Å². The van der Waals surface area contributed by atoms with Crippen LogP contribution in [0.3, 0.4) is 0 Å². The van der Waals surface area contributed by atoms with Crippen LogP contribution >= 0.6 is 0 Å². The minimum absolute atomic E-state index is 0.133. The maximum Gasteiger partial charge on any atom is 0.336 e. The molecular formula is C12H11NO4. The normalized spacial score (nSPS) is 13.6. The second-order valence-corrected chi connectivity index (χ2v) is 3.39. The first-order valence-corrected chi connectivity index (χ1v) is 4.97. The highest BCUT2D eigenvalue weighted by molar-refractivity contribution is 6.17. The third-order valence-electron chi connectivity index (χ3n) is 2.47.